The maximum absolute atomic E-state index is 12.2. The van der Waals surface area contributed by atoms with Crippen LogP contribution in [0.1, 0.15) is 27.7 Å². The normalized spacial score (nSPS) is 23.5. The van der Waals surface area contributed by atoms with Crippen LogP contribution >= 0.6 is 24.2 Å². The number of rotatable bonds is 3. The van der Waals surface area contributed by atoms with Gasteiger partial charge in [-0.05, 0) is 33.3 Å². The van der Waals surface area contributed by atoms with Gasteiger partial charge in [0.15, 0.2) is 0 Å². The third-order valence-corrected chi connectivity index (χ3v) is 4.83. The van der Waals surface area contributed by atoms with Crippen molar-refractivity contribution < 1.29 is 23.9 Å². The second-order valence-corrected chi connectivity index (χ2v) is 7.40. The number of β-lactam (4-membered cyclic amide) rings is 1. The molecule has 0 aliphatic carbocycles. The minimum Gasteiger partial charge on any atom is -0.427 e. The summed E-state index contributed by atoms with van der Waals surface area (Å²) in [5.74, 6) is -0.834. The van der Waals surface area contributed by atoms with Crippen LogP contribution in [0.25, 0.3) is 0 Å². The molecule has 130 valence electrons. The molecule has 23 heavy (non-hydrogen) atoms. The fraction of sp³-hybridized carbons (Fsp3) is 0.643. The molecule has 0 aromatic carbocycles. The molecule has 2 heterocycles. The fourth-order valence-electron chi connectivity index (χ4n) is 2.08. The zero-order valence-corrected chi connectivity index (χ0v) is 15.1. The summed E-state index contributed by atoms with van der Waals surface area (Å²) in [5.41, 5.74) is 6.00. The molecule has 0 aromatic heterocycles. The maximum atomic E-state index is 12.2. The fourth-order valence-corrected chi connectivity index (χ4v) is 3.32. The third kappa shape index (κ3) is 3.81. The highest BCUT2D eigenvalue weighted by Crippen LogP contribution is 2.39. The molecule has 0 radical (unpaired) electrons. The van der Waals surface area contributed by atoms with Gasteiger partial charge in [-0.25, -0.2) is 4.79 Å². The molecule has 2 N–H and O–H groups in total. The van der Waals surface area contributed by atoms with Crippen molar-refractivity contribution in [1.29, 1.82) is 0 Å². The molecule has 9 heteroatoms. The van der Waals surface area contributed by atoms with Crippen molar-refractivity contribution in [3.63, 3.8) is 0 Å². The summed E-state index contributed by atoms with van der Waals surface area (Å²) >= 11 is 1.52. The van der Waals surface area contributed by atoms with Gasteiger partial charge in [0.2, 0.25) is 12.7 Å². The lowest BCUT2D eigenvalue weighted by Crippen LogP contribution is -2.68. The number of hydrogen-bond donors (Lipinski definition) is 1. The number of hydrogen-bond acceptors (Lipinski definition) is 7. The predicted molar refractivity (Wildman–Crippen MR) is 87.5 cm³/mol. The summed E-state index contributed by atoms with van der Waals surface area (Å²) in [7, 11) is 0. The molecule has 7 nitrogen and oxygen atoms in total. The number of carbonyl (C=O) groups excluding carboxylic acids is 3. The monoisotopic (exact) mass is 364 g/mol. The zero-order chi connectivity index (χ0) is 16.7. The van der Waals surface area contributed by atoms with Crippen LogP contribution < -0.4 is 5.73 Å². The number of amides is 1. The van der Waals surface area contributed by atoms with Crippen LogP contribution in [0, 0.1) is 5.41 Å². The van der Waals surface area contributed by atoms with Crippen molar-refractivity contribution in [2.24, 2.45) is 11.1 Å². The van der Waals surface area contributed by atoms with E-state index in [9.17, 15) is 14.4 Å². The first-order valence-corrected chi connectivity index (χ1v) is 7.94. The molecular weight excluding hydrogens is 344 g/mol. The van der Waals surface area contributed by atoms with E-state index in [2.05, 4.69) is 0 Å². The lowest BCUT2D eigenvalue weighted by molar-refractivity contribution is -0.173. The van der Waals surface area contributed by atoms with Crippen LogP contribution in [0.5, 0.6) is 0 Å². The summed E-state index contributed by atoms with van der Waals surface area (Å²) in [6, 6.07) is -0.584. The van der Waals surface area contributed by atoms with Crippen molar-refractivity contribution in [2.45, 2.75) is 39.1 Å². The van der Waals surface area contributed by atoms with Gasteiger partial charge in [-0.15, -0.1) is 24.2 Å². The van der Waals surface area contributed by atoms with E-state index < -0.39 is 30.2 Å². The SMILES string of the molecule is CC1=C(C(=O)OCOC(=O)C(C)(C)C)N2C(=O)[C@H](N)[C@@H]2SC1.Cl. The lowest BCUT2D eigenvalue weighted by atomic mass is 9.98. The lowest BCUT2D eigenvalue weighted by Gasteiger charge is -2.47. The molecule has 0 spiro atoms. The number of halogens is 1. The summed E-state index contributed by atoms with van der Waals surface area (Å²) in [6.45, 7) is 6.39. The van der Waals surface area contributed by atoms with E-state index in [0.717, 1.165) is 5.57 Å². The Morgan fingerprint density at radius 3 is 2.52 bits per heavy atom. The molecule has 1 saturated heterocycles. The highest BCUT2D eigenvalue weighted by Gasteiger charge is 2.51. The van der Waals surface area contributed by atoms with E-state index in [4.69, 9.17) is 15.2 Å². The Balaban J connectivity index is 0.00000264. The first kappa shape index (κ1) is 19.8. The van der Waals surface area contributed by atoms with Crippen LogP contribution in [0.15, 0.2) is 11.3 Å². The van der Waals surface area contributed by atoms with Gasteiger partial charge >= 0.3 is 11.9 Å². The minimum absolute atomic E-state index is 0. The molecule has 2 aliphatic rings. The standard InChI is InChI=1S/C14H20N2O5S.ClH/c1-7-5-22-11-8(15)10(17)16(11)9(7)12(18)20-6-21-13(19)14(2,3)4;/h8,11H,5-6,15H2,1-4H3;1H/t8-,11-;/m0./s1. The Kier molecular flexibility index (Phi) is 6.12. The number of carbonyl (C=O) groups is 3. The topological polar surface area (TPSA) is 98.9 Å². The molecule has 0 unspecified atom stereocenters. The van der Waals surface area contributed by atoms with Crippen LogP contribution in [0.3, 0.4) is 0 Å². The van der Waals surface area contributed by atoms with E-state index in [-0.39, 0.29) is 29.4 Å². The van der Waals surface area contributed by atoms with Crippen LogP contribution in [0.4, 0.5) is 0 Å². The Morgan fingerprint density at radius 2 is 1.96 bits per heavy atom. The van der Waals surface area contributed by atoms with Crippen molar-refractivity contribution in [1.82, 2.24) is 4.90 Å². The van der Waals surface area contributed by atoms with Gasteiger partial charge in [0, 0.05) is 5.75 Å². The predicted octanol–water partition coefficient (Wildman–Crippen LogP) is 1.01. The van der Waals surface area contributed by atoms with Gasteiger partial charge in [0.1, 0.15) is 17.1 Å². The number of esters is 2. The summed E-state index contributed by atoms with van der Waals surface area (Å²) in [4.78, 5) is 37.0. The number of ether oxygens (including phenoxy) is 2. The second-order valence-electron chi connectivity index (χ2n) is 6.30. The molecule has 0 aromatic rings. The van der Waals surface area contributed by atoms with Crippen LogP contribution in [0.2, 0.25) is 0 Å². The number of nitrogens with zero attached hydrogens (tertiary/aromatic N) is 1. The Bertz CT molecular complexity index is 558. The molecule has 2 rings (SSSR count). The first-order chi connectivity index (χ1) is 10.1. The average molecular weight is 365 g/mol. The molecule has 0 bridgehead atoms. The van der Waals surface area contributed by atoms with E-state index in [1.54, 1.807) is 27.7 Å². The van der Waals surface area contributed by atoms with Gasteiger partial charge in [0.25, 0.3) is 0 Å². The van der Waals surface area contributed by atoms with Gasteiger partial charge in [-0.3, -0.25) is 14.5 Å². The molecule has 2 aliphatic heterocycles. The van der Waals surface area contributed by atoms with E-state index in [1.165, 1.54) is 16.7 Å². The van der Waals surface area contributed by atoms with Gasteiger partial charge in [-0.1, -0.05) is 0 Å². The Hall–Kier alpha value is -1.25. The van der Waals surface area contributed by atoms with Crippen LogP contribution in [-0.2, 0) is 23.9 Å². The molecule has 2 atom stereocenters. The Labute approximate surface area is 145 Å². The van der Waals surface area contributed by atoms with Crippen molar-refractivity contribution in [2.75, 3.05) is 12.5 Å². The molecular formula is C14H21ClN2O5S. The molecule has 1 amide bonds. The minimum atomic E-state index is -0.676. The Morgan fingerprint density at radius 1 is 1.35 bits per heavy atom. The second kappa shape index (κ2) is 7.11. The molecule has 0 saturated carbocycles. The number of fused-ring (bicyclic) bond motifs is 1. The van der Waals surface area contributed by atoms with Gasteiger partial charge in [0.05, 0.1) is 5.41 Å². The smallest absolute Gasteiger partial charge is 0.357 e. The average Bonchev–Trinajstić information content (AvgIpc) is 2.44. The largest absolute Gasteiger partial charge is 0.427 e. The highest BCUT2D eigenvalue weighted by atomic mass is 35.5. The molecule has 1 fully saturated rings. The van der Waals surface area contributed by atoms with Crippen molar-refractivity contribution in [3.8, 4) is 0 Å². The third-order valence-electron chi connectivity index (χ3n) is 3.39. The summed E-state index contributed by atoms with van der Waals surface area (Å²) < 4.78 is 9.86. The number of thioether (sulfide) groups is 1. The summed E-state index contributed by atoms with van der Waals surface area (Å²) in [6.07, 6.45) is 0. The quantitative estimate of drug-likeness (QED) is 0.453. The van der Waals surface area contributed by atoms with Crippen LogP contribution in [-0.4, -0.2) is 46.7 Å². The summed E-state index contributed by atoms with van der Waals surface area (Å²) in [5, 5.41) is -0.226. The number of nitrogens with two attached hydrogens (primary N) is 1. The van der Waals surface area contributed by atoms with Crippen molar-refractivity contribution >= 4 is 42.0 Å². The first-order valence-electron chi connectivity index (χ1n) is 6.89. The van der Waals surface area contributed by atoms with E-state index in [1.807, 2.05) is 0 Å². The van der Waals surface area contributed by atoms with Gasteiger partial charge < -0.3 is 15.2 Å². The maximum Gasteiger partial charge on any atom is 0.357 e. The highest BCUT2D eigenvalue weighted by molar-refractivity contribution is 8.00. The van der Waals surface area contributed by atoms with Gasteiger partial charge in [-0.2, -0.15) is 0 Å². The van der Waals surface area contributed by atoms with Crippen molar-refractivity contribution in [3.05, 3.63) is 11.3 Å². The zero-order valence-electron chi connectivity index (χ0n) is 13.5. The van der Waals surface area contributed by atoms with E-state index in [0.29, 0.717) is 5.75 Å². The van der Waals surface area contributed by atoms with E-state index >= 15 is 0 Å².